The van der Waals surface area contributed by atoms with Crippen molar-refractivity contribution in [1.29, 1.82) is 0 Å². The van der Waals surface area contributed by atoms with E-state index in [0.29, 0.717) is 25.0 Å². The smallest absolute Gasteiger partial charge is 0.221 e. The van der Waals surface area contributed by atoms with Gasteiger partial charge in [-0.2, -0.15) is 5.10 Å². The van der Waals surface area contributed by atoms with Gasteiger partial charge in [-0.05, 0) is 93.5 Å². The lowest BCUT2D eigenvalue weighted by molar-refractivity contribution is 0.298. The minimum atomic E-state index is 0.645. The summed E-state index contributed by atoms with van der Waals surface area (Å²) in [6.07, 6.45) is 12.2. The minimum absolute atomic E-state index is 0.645. The van der Waals surface area contributed by atoms with Crippen LogP contribution in [0.25, 0.3) is 46.1 Å². The van der Waals surface area contributed by atoms with E-state index in [2.05, 4.69) is 74.3 Å². The van der Waals surface area contributed by atoms with Crippen LogP contribution in [0.1, 0.15) is 73.2 Å². The molecule has 6 nitrogen and oxygen atoms in total. The Bertz CT molecular complexity index is 1580. The molecule has 0 radical (unpaired) electrons. The summed E-state index contributed by atoms with van der Waals surface area (Å²) in [4.78, 5) is 9.60. The summed E-state index contributed by atoms with van der Waals surface area (Å²) in [5.74, 6) is 1.30. The fourth-order valence-corrected chi connectivity index (χ4v) is 4.56. The van der Waals surface area contributed by atoms with Crippen molar-refractivity contribution in [1.82, 2.24) is 20.2 Å². The summed E-state index contributed by atoms with van der Waals surface area (Å²) in [6, 6.07) is 18.8. The van der Waals surface area contributed by atoms with Gasteiger partial charge in [0.1, 0.15) is 0 Å². The average Bonchev–Trinajstić information content (AvgIpc) is 3.43. The fraction of sp³-hybridized carbons (Fsp3) is 0.286. The minimum Gasteiger partial charge on any atom is -0.477 e. The van der Waals surface area contributed by atoms with E-state index in [1.165, 1.54) is 11.1 Å². The first-order chi connectivity index (χ1) is 20.0. The number of ether oxygens (including phenoxy) is 2. The van der Waals surface area contributed by atoms with Crippen molar-refractivity contribution in [3.63, 3.8) is 0 Å². The third-order valence-corrected chi connectivity index (χ3v) is 6.89. The molecule has 0 bridgehead atoms. The molecule has 0 aliphatic carbocycles. The summed E-state index contributed by atoms with van der Waals surface area (Å²) in [7, 11) is 0. The van der Waals surface area contributed by atoms with Gasteiger partial charge in [0.15, 0.2) is 0 Å². The second kappa shape index (κ2) is 13.3. The molecule has 3 aromatic heterocycles. The van der Waals surface area contributed by atoms with E-state index in [1.54, 1.807) is 0 Å². The van der Waals surface area contributed by atoms with Crippen LogP contribution in [0.3, 0.4) is 0 Å². The number of aromatic nitrogens is 4. The molecule has 210 valence electrons. The Labute approximate surface area is 242 Å². The molecule has 6 heteroatoms. The zero-order valence-electron chi connectivity index (χ0n) is 24.4. The highest BCUT2D eigenvalue weighted by atomic mass is 16.5. The molecule has 1 N–H and O–H groups in total. The van der Waals surface area contributed by atoms with Crippen LogP contribution in [0.15, 0.2) is 54.6 Å². The second-order valence-corrected chi connectivity index (χ2v) is 10.5. The Kier molecular flexibility index (Phi) is 9.09. The van der Waals surface area contributed by atoms with Crippen LogP contribution in [-0.4, -0.2) is 33.4 Å². The maximum atomic E-state index is 6.06. The first-order valence-electron chi connectivity index (χ1n) is 14.5. The third kappa shape index (κ3) is 7.20. The van der Waals surface area contributed by atoms with Crippen LogP contribution in [0.4, 0.5) is 0 Å². The second-order valence-electron chi connectivity index (χ2n) is 10.5. The van der Waals surface area contributed by atoms with E-state index in [-0.39, 0.29) is 0 Å². The van der Waals surface area contributed by atoms with Gasteiger partial charge in [-0.25, -0.2) is 9.97 Å². The van der Waals surface area contributed by atoms with Gasteiger partial charge in [0.2, 0.25) is 11.8 Å². The molecule has 0 saturated carbocycles. The van der Waals surface area contributed by atoms with Gasteiger partial charge in [0.05, 0.1) is 35.6 Å². The van der Waals surface area contributed by atoms with Crippen LogP contribution in [0, 0.1) is 13.8 Å². The van der Waals surface area contributed by atoms with E-state index in [9.17, 15) is 0 Å². The molecular weight excluding hydrogens is 508 g/mol. The number of H-pyrrole nitrogens is 1. The average molecular weight is 547 g/mol. The summed E-state index contributed by atoms with van der Waals surface area (Å²) in [5.41, 5.74) is 7.86. The van der Waals surface area contributed by atoms with E-state index >= 15 is 0 Å². The predicted molar refractivity (Wildman–Crippen MR) is 170 cm³/mol. The summed E-state index contributed by atoms with van der Waals surface area (Å²) < 4.78 is 12.1. The Morgan fingerprint density at radius 3 is 1.73 bits per heavy atom. The third-order valence-electron chi connectivity index (χ3n) is 6.89. The predicted octanol–water partition coefficient (Wildman–Crippen LogP) is 8.82. The lowest BCUT2D eigenvalue weighted by Crippen LogP contribution is -2.01. The molecule has 0 aliphatic rings. The quantitative estimate of drug-likeness (QED) is 0.158. The molecule has 0 spiro atoms. The molecule has 0 amide bonds. The van der Waals surface area contributed by atoms with E-state index in [0.717, 1.165) is 70.0 Å². The number of aromatic amines is 1. The van der Waals surface area contributed by atoms with Crippen LogP contribution in [0.2, 0.25) is 0 Å². The molecule has 2 aromatic carbocycles. The Morgan fingerprint density at radius 2 is 1.20 bits per heavy atom. The van der Waals surface area contributed by atoms with Gasteiger partial charge < -0.3 is 9.47 Å². The SMILES string of the molecule is CCCCOc1nc2ccc(C)cc2cc1/C=C/c1cc(/C=C/c2cc3cc(C)ccc3nc2OCCCC)[nH]n1. The van der Waals surface area contributed by atoms with Crippen LogP contribution in [-0.2, 0) is 0 Å². The lowest BCUT2D eigenvalue weighted by atomic mass is 10.1. The largest absolute Gasteiger partial charge is 0.477 e. The van der Waals surface area contributed by atoms with Crippen LogP contribution in [0.5, 0.6) is 11.8 Å². The standard InChI is InChI=1S/C35H38N4O2/c1-5-7-17-40-34-26(21-28-19-24(3)9-15-32(28)36-34)11-13-30-23-31(39-38-30)14-12-27-22-29-20-25(4)10-16-33(29)37-35(27)41-18-8-6-2/h9-16,19-23H,5-8,17-18H2,1-4H3,(H,38,39)/b13-11+,14-12+. The van der Waals surface area contributed by atoms with Crippen molar-refractivity contribution >= 4 is 46.1 Å². The zero-order chi connectivity index (χ0) is 28.6. The molecule has 3 heterocycles. The highest BCUT2D eigenvalue weighted by Crippen LogP contribution is 2.27. The van der Waals surface area contributed by atoms with Gasteiger partial charge in [-0.1, -0.05) is 49.9 Å². The van der Waals surface area contributed by atoms with Gasteiger partial charge >= 0.3 is 0 Å². The van der Waals surface area contributed by atoms with Crippen molar-refractivity contribution in [3.8, 4) is 11.8 Å². The molecule has 0 unspecified atom stereocenters. The van der Waals surface area contributed by atoms with Crippen molar-refractivity contribution in [3.05, 3.63) is 88.2 Å². The van der Waals surface area contributed by atoms with Gasteiger partial charge in [0, 0.05) is 21.9 Å². The van der Waals surface area contributed by atoms with Crippen LogP contribution < -0.4 is 9.47 Å². The maximum Gasteiger partial charge on any atom is 0.221 e. The molecule has 0 fully saturated rings. The highest BCUT2D eigenvalue weighted by Gasteiger charge is 2.09. The number of hydrogen-bond donors (Lipinski definition) is 1. The number of nitrogens with one attached hydrogen (secondary N) is 1. The Balaban J connectivity index is 1.39. The van der Waals surface area contributed by atoms with Crippen LogP contribution >= 0.6 is 0 Å². The maximum absolute atomic E-state index is 6.06. The van der Waals surface area contributed by atoms with Crippen molar-refractivity contribution in [2.24, 2.45) is 0 Å². The molecular formula is C35H38N4O2. The van der Waals surface area contributed by atoms with Gasteiger partial charge in [-0.15, -0.1) is 0 Å². The summed E-state index contributed by atoms with van der Waals surface area (Å²) in [5, 5.41) is 9.81. The number of pyridine rings is 2. The van der Waals surface area contributed by atoms with E-state index < -0.39 is 0 Å². The molecule has 0 aliphatic heterocycles. The number of nitrogens with zero attached hydrogens (tertiary/aromatic N) is 3. The number of benzene rings is 2. The summed E-state index contributed by atoms with van der Waals surface area (Å²) in [6.45, 7) is 9.79. The molecule has 0 atom stereocenters. The number of hydrogen-bond acceptors (Lipinski definition) is 5. The lowest BCUT2D eigenvalue weighted by Gasteiger charge is -2.10. The van der Waals surface area contributed by atoms with Crippen molar-refractivity contribution in [2.45, 2.75) is 53.4 Å². The highest BCUT2D eigenvalue weighted by molar-refractivity contribution is 5.86. The number of fused-ring (bicyclic) bond motifs is 2. The van der Waals surface area contributed by atoms with Gasteiger partial charge in [-0.3, -0.25) is 5.10 Å². The first-order valence-corrected chi connectivity index (χ1v) is 14.5. The molecule has 5 rings (SSSR count). The fourth-order valence-electron chi connectivity index (χ4n) is 4.56. The topological polar surface area (TPSA) is 72.9 Å². The Hall–Kier alpha value is -4.45. The normalized spacial score (nSPS) is 11.8. The monoisotopic (exact) mass is 546 g/mol. The molecule has 0 saturated heterocycles. The zero-order valence-corrected chi connectivity index (χ0v) is 24.4. The van der Waals surface area contributed by atoms with E-state index in [1.807, 2.05) is 42.5 Å². The molecule has 5 aromatic rings. The number of aryl methyl sites for hydroxylation is 2. The first kappa shape index (κ1) is 28.1. The van der Waals surface area contributed by atoms with Crippen molar-refractivity contribution < 1.29 is 9.47 Å². The van der Waals surface area contributed by atoms with E-state index in [4.69, 9.17) is 19.4 Å². The van der Waals surface area contributed by atoms with Gasteiger partial charge in [0.25, 0.3) is 0 Å². The Morgan fingerprint density at radius 1 is 0.659 bits per heavy atom. The van der Waals surface area contributed by atoms with Crippen molar-refractivity contribution in [2.75, 3.05) is 13.2 Å². The molecule has 41 heavy (non-hydrogen) atoms. The number of unbranched alkanes of at least 4 members (excludes halogenated alkanes) is 2. The summed E-state index contributed by atoms with van der Waals surface area (Å²) >= 11 is 0. The number of rotatable bonds is 12.